The first kappa shape index (κ1) is 34.6. The van der Waals surface area contributed by atoms with Crippen molar-refractivity contribution in [3.8, 4) is 0 Å². The summed E-state index contributed by atoms with van der Waals surface area (Å²) in [5.74, 6) is 4.75. The second-order valence-corrected chi connectivity index (χ2v) is 15.1. The molecule has 228 valence electrons. The lowest BCUT2D eigenvalue weighted by molar-refractivity contribution is -0.204. The summed E-state index contributed by atoms with van der Waals surface area (Å²) < 4.78 is 102. The minimum Gasteiger partial charge on any atom is -0.396 e. The lowest BCUT2D eigenvalue weighted by Gasteiger charge is -2.49. The Balaban J connectivity index is 2.28. The molecule has 13 unspecified atom stereocenters. The van der Waals surface area contributed by atoms with E-state index in [4.69, 9.17) is 38.1 Å². The number of aliphatic hydroxyl groups is 1. The Hall–Kier alpha value is 1.08. The van der Waals surface area contributed by atoms with Crippen LogP contribution in [0.5, 0.6) is 0 Å². The zero-order valence-electron chi connectivity index (χ0n) is 19.0. The first-order valence-electron chi connectivity index (χ1n) is 9.84. The van der Waals surface area contributed by atoms with Crippen molar-refractivity contribution in [1.82, 2.24) is 0 Å². The van der Waals surface area contributed by atoms with Crippen molar-refractivity contribution < 1.29 is 103 Å². The van der Waals surface area contributed by atoms with Gasteiger partial charge in [0.05, 0.1) is 6.61 Å². The molecule has 0 radical (unpaired) electrons. The lowest BCUT2D eigenvalue weighted by atomic mass is 9.85. The maximum absolute atomic E-state index is 12.7. The fourth-order valence-corrected chi connectivity index (χ4v) is 8.10. The van der Waals surface area contributed by atoms with Gasteiger partial charge in [0, 0.05) is 6.16 Å². The van der Waals surface area contributed by atoms with E-state index in [0.717, 1.165) is 0 Å². The van der Waals surface area contributed by atoms with E-state index >= 15 is 0 Å². The molecule has 0 aromatic heterocycles. The van der Waals surface area contributed by atoms with Crippen molar-refractivity contribution in [2.75, 3.05) is 12.8 Å². The Bertz CT molecular complexity index is 1050. The van der Waals surface area contributed by atoms with Crippen LogP contribution in [0.15, 0.2) is 0 Å². The third-order valence-electron chi connectivity index (χ3n) is 4.69. The first-order valence-corrected chi connectivity index (χ1v) is 18.3. The van der Waals surface area contributed by atoms with Crippen LogP contribution in [-0.4, -0.2) is 98.4 Å². The molecule has 3 fully saturated rings. The zero-order valence-corrected chi connectivity index (χ0v) is 24.3. The molecule has 1 aliphatic carbocycles. The Morgan fingerprint density at radius 2 is 1.46 bits per heavy atom. The molecule has 0 spiro atoms. The van der Waals surface area contributed by atoms with Gasteiger partial charge in [-0.2, -0.15) is 0 Å². The number of hydrogen-bond donors (Lipinski definition) is 8. The van der Waals surface area contributed by atoms with Gasteiger partial charge in [0.15, 0.2) is 8.38 Å². The molecule has 2 heterocycles. The van der Waals surface area contributed by atoms with Crippen LogP contribution >= 0.6 is 48.3 Å². The molecule has 3 rings (SSSR count). The minimum atomic E-state index is -5.54. The summed E-state index contributed by atoms with van der Waals surface area (Å²) in [7, 11) is -27.0. The van der Waals surface area contributed by atoms with Gasteiger partial charge in [-0.05, 0) is 0 Å². The standard InChI is InChI=1S/C9H22BNO22P6/c10-32-38(19,20)28-5-3(23-34(13)2-1-12)6(29-39(21,22)33-11)8-7-4(5)24-35(14)25-9(30-36(15,16)26-7)31-37(17,18)27-8/h3-9,12-14H,1-2,10-11H2,(H,15,16)(H,17,18)(H,19,20)(H,21,22). The Morgan fingerprint density at radius 1 is 0.923 bits per heavy atom. The highest BCUT2D eigenvalue weighted by molar-refractivity contribution is 7.49. The van der Waals surface area contributed by atoms with Crippen LogP contribution in [0.1, 0.15) is 0 Å². The number of aliphatic hydroxyl groups excluding tert-OH is 1. The lowest BCUT2D eigenvalue weighted by Crippen LogP contribution is -2.66. The van der Waals surface area contributed by atoms with Crippen LogP contribution < -0.4 is 5.90 Å². The summed E-state index contributed by atoms with van der Waals surface area (Å²) in [5, 5.41) is 9.15. The van der Waals surface area contributed by atoms with Gasteiger partial charge in [0.2, 0.25) is 0 Å². The second-order valence-electron chi connectivity index (χ2n) is 7.22. The summed E-state index contributed by atoms with van der Waals surface area (Å²) in [5.41, 5.74) is 0. The molecule has 2 bridgehead atoms. The van der Waals surface area contributed by atoms with Crippen molar-refractivity contribution in [1.29, 1.82) is 0 Å². The molecule has 0 amide bonds. The fourth-order valence-electron chi connectivity index (χ4n) is 3.33. The van der Waals surface area contributed by atoms with E-state index in [1.807, 2.05) is 0 Å². The molecule has 1 saturated carbocycles. The van der Waals surface area contributed by atoms with E-state index in [9.17, 15) is 47.6 Å². The SMILES string of the molecule is BOP(=O)(O)OC1C(OP(O)CCO)C(OP(=O)(O)ON)C2OP(=O)(O)OC3OP(O)OC1C2OP(=O)(O)O3. The number of phosphoric ester groups is 4. The number of rotatable bonds is 10. The van der Waals surface area contributed by atoms with Crippen LogP contribution in [0.4, 0.5) is 0 Å². The molecule has 39 heavy (non-hydrogen) atoms. The highest BCUT2D eigenvalue weighted by Gasteiger charge is 2.64. The van der Waals surface area contributed by atoms with Crippen LogP contribution in [0.25, 0.3) is 0 Å². The summed E-state index contributed by atoms with van der Waals surface area (Å²) >= 11 is 0. The Labute approximate surface area is 221 Å². The van der Waals surface area contributed by atoms with Gasteiger partial charge in [-0.1, -0.05) is 0 Å². The van der Waals surface area contributed by atoms with Gasteiger partial charge in [0.25, 0.3) is 14.5 Å². The molecule has 9 N–H and O–H groups in total. The highest BCUT2D eigenvalue weighted by Crippen LogP contribution is 2.63. The monoisotopic (exact) mass is 693 g/mol. The topological polar surface area (TPSA) is 337 Å². The van der Waals surface area contributed by atoms with Crippen LogP contribution in [0, 0.1) is 0 Å². The smallest absolute Gasteiger partial charge is 0.396 e. The normalized spacial score (nSPS) is 45.0. The second kappa shape index (κ2) is 13.4. The fraction of sp³-hybridized carbons (Fsp3) is 1.00. The van der Waals surface area contributed by atoms with Crippen molar-refractivity contribution >= 4 is 56.3 Å². The molecule has 23 nitrogen and oxygen atoms in total. The van der Waals surface area contributed by atoms with Crippen LogP contribution in [0.3, 0.4) is 0 Å². The van der Waals surface area contributed by atoms with E-state index < -0.39 is 104 Å². The maximum Gasteiger partial charge on any atom is 0.489 e. The number of phosphoric acid groups is 4. The van der Waals surface area contributed by atoms with E-state index in [-0.39, 0.29) is 0 Å². The van der Waals surface area contributed by atoms with Gasteiger partial charge >= 0.3 is 39.9 Å². The van der Waals surface area contributed by atoms with E-state index in [1.54, 1.807) is 0 Å². The summed E-state index contributed by atoms with van der Waals surface area (Å²) in [6, 6.07) is 0. The summed E-state index contributed by atoms with van der Waals surface area (Å²) in [4.78, 5) is 60.9. The number of fused-ring (bicyclic) bond motifs is 3. The van der Waals surface area contributed by atoms with Gasteiger partial charge < -0.3 is 48.0 Å². The quantitative estimate of drug-likeness (QED) is 0.0700. The summed E-state index contributed by atoms with van der Waals surface area (Å²) in [6.07, 6.45) is -14.4. The summed E-state index contributed by atoms with van der Waals surface area (Å²) in [6.45, 7) is -3.36. The number of nitrogens with two attached hydrogens (primary N) is 1. The Morgan fingerprint density at radius 3 is 2.00 bits per heavy atom. The van der Waals surface area contributed by atoms with Gasteiger partial charge in [-0.3, -0.25) is 22.6 Å². The van der Waals surface area contributed by atoms with Crippen molar-refractivity contribution in [3.05, 3.63) is 0 Å². The predicted molar refractivity (Wildman–Crippen MR) is 121 cm³/mol. The molecule has 30 heteroatoms. The molecule has 2 aliphatic heterocycles. The molecule has 0 aromatic rings. The third kappa shape index (κ3) is 9.29. The average molecular weight is 693 g/mol. The van der Waals surface area contributed by atoms with Crippen LogP contribution in [-0.2, 0) is 68.0 Å². The van der Waals surface area contributed by atoms with E-state index in [1.165, 1.54) is 0 Å². The van der Waals surface area contributed by atoms with Gasteiger partial charge in [-0.15, -0.1) is 0 Å². The molecule has 0 aromatic carbocycles. The van der Waals surface area contributed by atoms with Crippen LogP contribution in [0.2, 0.25) is 0 Å². The largest absolute Gasteiger partial charge is 0.489 e. The van der Waals surface area contributed by atoms with Gasteiger partial charge in [0.1, 0.15) is 36.6 Å². The molecular weight excluding hydrogens is 671 g/mol. The van der Waals surface area contributed by atoms with Gasteiger partial charge in [-0.25, -0.2) is 37.8 Å². The predicted octanol–water partition coefficient (Wildman–Crippen LogP) is -1.96. The Kier molecular flexibility index (Phi) is 11.9. The van der Waals surface area contributed by atoms with E-state index in [2.05, 4.69) is 22.6 Å². The maximum atomic E-state index is 12.7. The molecular formula is C9H22BNO22P6. The first-order chi connectivity index (χ1) is 17.9. The minimum absolute atomic E-state index is 0.508. The van der Waals surface area contributed by atoms with Crippen molar-refractivity contribution in [2.45, 2.75) is 43.1 Å². The molecule has 13 atom stereocenters. The molecule has 3 aliphatic rings. The van der Waals surface area contributed by atoms with Crippen molar-refractivity contribution in [2.24, 2.45) is 5.90 Å². The average Bonchev–Trinajstić information content (AvgIpc) is 2.86. The highest BCUT2D eigenvalue weighted by atomic mass is 31.2. The number of hydrogen-bond acceptors (Lipinski definition) is 19. The third-order valence-corrected chi connectivity index (χ3v) is 10.2. The zero-order chi connectivity index (χ0) is 29.4. The van der Waals surface area contributed by atoms with Crippen molar-refractivity contribution in [3.63, 3.8) is 0 Å². The van der Waals surface area contributed by atoms with E-state index in [0.29, 0.717) is 8.05 Å². The molecule has 2 saturated heterocycles.